The van der Waals surface area contributed by atoms with Crippen molar-refractivity contribution < 1.29 is 36.7 Å². The SMILES string of the molecule is CCC(=O)c1c(-c2ccc(F)cc2)oc2nc(CCC(F)(F)F)c(-c3cccc(C(=O)NCC(C)(C)CO)c3)cc12. The molecule has 0 atom stereocenters. The van der Waals surface area contributed by atoms with Crippen LogP contribution in [0.15, 0.2) is 59.0 Å². The normalized spacial score (nSPS) is 12.1. The molecule has 0 aliphatic carbocycles. The molecule has 0 aliphatic rings. The average Bonchev–Trinajstić information content (AvgIpc) is 3.32. The lowest BCUT2D eigenvalue weighted by atomic mass is 9.94. The fraction of sp³-hybridized carbons (Fsp3) is 0.323. The van der Waals surface area contributed by atoms with Crippen molar-refractivity contribution in [2.75, 3.05) is 13.2 Å². The van der Waals surface area contributed by atoms with Crippen molar-refractivity contribution in [3.05, 3.63) is 77.2 Å². The Morgan fingerprint density at radius 3 is 2.37 bits per heavy atom. The molecule has 6 nitrogen and oxygen atoms in total. The second kappa shape index (κ2) is 11.8. The lowest BCUT2D eigenvalue weighted by molar-refractivity contribution is -0.134. The third-order valence-corrected chi connectivity index (χ3v) is 6.70. The number of Topliss-reactive ketones (excluding diaryl/α,β-unsaturated/α-hetero) is 1. The lowest BCUT2D eigenvalue weighted by Gasteiger charge is -2.21. The predicted molar refractivity (Wildman–Crippen MR) is 147 cm³/mol. The predicted octanol–water partition coefficient (Wildman–Crippen LogP) is 7.14. The van der Waals surface area contributed by atoms with Crippen molar-refractivity contribution in [2.45, 2.75) is 46.2 Å². The third kappa shape index (κ3) is 7.00. The van der Waals surface area contributed by atoms with E-state index < -0.39 is 36.2 Å². The smallest absolute Gasteiger partial charge is 0.389 e. The summed E-state index contributed by atoms with van der Waals surface area (Å²) in [6, 6.07) is 13.3. The van der Waals surface area contributed by atoms with E-state index in [2.05, 4.69) is 10.3 Å². The fourth-order valence-corrected chi connectivity index (χ4v) is 4.32. The Morgan fingerprint density at radius 2 is 1.73 bits per heavy atom. The zero-order chi connectivity index (χ0) is 29.9. The van der Waals surface area contributed by atoms with Crippen LogP contribution in [0, 0.1) is 11.2 Å². The van der Waals surface area contributed by atoms with Crippen LogP contribution in [0.1, 0.15) is 60.0 Å². The topological polar surface area (TPSA) is 92.4 Å². The van der Waals surface area contributed by atoms with E-state index in [0.717, 1.165) is 0 Å². The van der Waals surface area contributed by atoms with Crippen LogP contribution in [-0.4, -0.2) is 41.1 Å². The zero-order valence-electron chi connectivity index (χ0n) is 22.9. The number of ketones is 1. The van der Waals surface area contributed by atoms with Gasteiger partial charge in [-0.05, 0) is 54.4 Å². The molecule has 0 radical (unpaired) electrons. The van der Waals surface area contributed by atoms with Gasteiger partial charge in [-0.1, -0.05) is 32.9 Å². The number of carbonyl (C=O) groups is 2. The van der Waals surface area contributed by atoms with E-state index in [0.29, 0.717) is 22.1 Å². The maximum absolute atomic E-state index is 13.6. The summed E-state index contributed by atoms with van der Waals surface area (Å²) in [5.41, 5.74) is 1.18. The number of nitrogens with one attached hydrogen (secondary N) is 1. The Kier molecular flexibility index (Phi) is 8.63. The largest absolute Gasteiger partial charge is 0.437 e. The van der Waals surface area contributed by atoms with Gasteiger partial charge in [-0.3, -0.25) is 9.59 Å². The lowest BCUT2D eigenvalue weighted by Crippen LogP contribution is -2.36. The number of aromatic nitrogens is 1. The summed E-state index contributed by atoms with van der Waals surface area (Å²) >= 11 is 0. The number of halogens is 4. The van der Waals surface area contributed by atoms with Crippen molar-refractivity contribution in [1.82, 2.24) is 10.3 Å². The summed E-state index contributed by atoms with van der Waals surface area (Å²) in [6.45, 7) is 5.32. The molecule has 1 amide bonds. The molecule has 216 valence electrons. The molecule has 41 heavy (non-hydrogen) atoms. The molecule has 2 aromatic carbocycles. The molecule has 0 unspecified atom stereocenters. The van der Waals surface area contributed by atoms with Crippen molar-refractivity contribution >= 4 is 22.8 Å². The number of aryl methyl sites for hydroxylation is 1. The molecule has 4 rings (SSSR count). The van der Waals surface area contributed by atoms with Crippen LogP contribution in [-0.2, 0) is 6.42 Å². The van der Waals surface area contributed by atoms with Gasteiger partial charge in [-0.25, -0.2) is 9.37 Å². The van der Waals surface area contributed by atoms with E-state index in [1.807, 2.05) is 0 Å². The summed E-state index contributed by atoms with van der Waals surface area (Å²) < 4.78 is 59.2. The zero-order valence-corrected chi connectivity index (χ0v) is 22.9. The Morgan fingerprint density at radius 1 is 1.02 bits per heavy atom. The van der Waals surface area contributed by atoms with Crippen LogP contribution >= 0.6 is 0 Å². The number of nitrogens with zero attached hydrogens (tertiary/aromatic N) is 1. The number of fused-ring (bicyclic) bond motifs is 1. The summed E-state index contributed by atoms with van der Waals surface area (Å²) in [6.07, 6.45) is -5.92. The quantitative estimate of drug-likeness (QED) is 0.156. The van der Waals surface area contributed by atoms with E-state index in [1.165, 1.54) is 24.3 Å². The number of rotatable bonds is 10. The van der Waals surface area contributed by atoms with Crippen LogP contribution in [0.2, 0.25) is 0 Å². The summed E-state index contributed by atoms with van der Waals surface area (Å²) in [5, 5.41) is 12.5. The highest BCUT2D eigenvalue weighted by Gasteiger charge is 2.29. The Hall–Kier alpha value is -4.05. The minimum absolute atomic E-state index is 0.0119. The first-order chi connectivity index (χ1) is 19.3. The molecule has 0 fully saturated rings. The second-order valence-corrected chi connectivity index (χ2v) is 10.6. The van der Waals surface area contributed by atoms with Crippen molar-refractivity contribution in [3.63, 3.8) is 0 Å². The second-order valence-electron chi connectivity index (χ2n) is 10.6. The number of furan rings is 1. The van der Waals surface area contributed by atoms with Gasteiger partial charge < -0.3 is 14.8 Å². The molecule has 0 spiro atoms. The van der Waals surface area contributed by atoms with Gasteiger partial charge in [0.25, 0.3) is 5.91 Å². The number of amides is 1. The average molecular weight is 571 g/mol. The van der Waals surface area contributed by atoms with Crippen LogP contribution in [0.5, 0.6) is 0 Å². The third-order valence-electron chi connectivity index (χ3n) is 6.70. The molecule has 2 N–H and O–H groups in total. The van der Waals surface area contributed by atoms with Gasteiger partial charge >= 0.3 is 6.18 Å². The van der Waals surface area contributed by atoms with Crippen molar-refractivity contribution in [2.24, 2.45) is 5.41 Å². The maximum atomic E-state index is 13.6. The highest BCUT2D eigenvalue weighted by molar-refractivity contribution is 6.12. The van der Waals surface area contributed by atoms with Gasteiger partial charge in [0.1, 0.15) is 11.6 Å². The van der Waals surface area contributed by atoms with Crippen LogP contribution in [0.25, 0.3) is 33.6 Å². The van der Waals surface area contributed by atoms with Gasteiger partial charge in [0.05, 0.1) is 16.6 Å². The molecular formula is C31H30F4N2O4. The molecule has 10 heteroatoms. The van der Waals surface area contributed by atoms with E-state index in [9.17, 15) is 32.3 Å². The number of hydrogen-bond donors (Lipinski definition) is 2. The van der Waals surface area contributed by atoms with E-state index >= 15 is 0 Å². The van der Waals surface area contributed by atoms with Crippen LogP contribution < -0.4 is 5.32 Å². The Balaban J connectivity index is 1.87. The molecule has 2 heterocycles. The molecule has 0 aliphatic heterocycles. The van der Waals surface area contributed by atoms with Crippen molar-refractivity contribution in [3.8, 4) is 22.5 Å². The molecular weight excluding hydrogens is 540 g/mol. The summed E-state index contributed by atoms with van der Waals surface area (Å²) in [5.74, 6) is -1.02. The van der Waals surface area contributed by atoms with E-state index in [-0.39, 0.29) is 53.7 Å². The minimum Gasteiger partial charge on any atom is -0.437 e. The maximum Gasteiger partial charge on any atom is 0.389 e. The highest BCUT2D eigenvalue weighted by Crippen LogP contribution is 2.38. The number of pyridine rings is 1. The van der Waals surface area contributed by atoms with Gasteiger partial charge in [0.2, 0.25) is 5.71 Å². The number of carbonyl (C=O) groups excluding carboxylic acids is 2. The molecule has 0 saturated heterocycles. The molecule has 2 aromatic heterocycles. The Labute approximate surface area is 234 Å². The first-order valence-electron chi connectivity index (χ1n) is 13.1. The highest BCUT2D eigenvalue weighted by atomic mass is 19.4. The van der Waals surface area contributed by atoms with Gasteiger partial charge in [-0.15, -0.1) is 0 Å². The number of aliphatic hydroxyl groups excluding tert-OH is 1. The van der Waals surface area contributed by atoms with Gasteiger partial charge in [0, 0.05) is 48.1 Å². The fourth-order valence-electron chi connectivity index (χ4n) is 4.32. The monoisotopic (exact) mass is 570 g/mol. The first-order valence-corrected chi connectivity index (χ1v) is 13.1. The number of hydrogen-bond acceptors (Lipinski definition) is 5. The minimum atomic E-state index is -4.44. The van der Waals surface area contributed by atoms with E-state index in [1.54, 1.807) is 51.1 Å². The Bertz CT molecular complexity index is 1570. The van der Waals surface area contributed by atoms with Crippen molar-refractivity contribution in [1.29, 1.82) is 0 Å². The van der Waals surface area contributed by atoms with Gasteiger partial charge in [-0.2, -0.15) is 13.2 Å². The molecule has 0 saturated carbocycles. The number of aliphatic hydroxyl groups is 1. The number of alkyl halides is 3. The molecule has 4 aromatic rings. The van der Waals surface area contributed by atoms with Crippen LogP contribution in [0.4, 0.5) is 17.6 Å². The van der Waals surface area contributed by atoms with Crippen LogP contribution in [0.3, 0.4) is 0 Å². The summed E-state index contributed by atoms with van der Waals surface area (Å²) in [4.78, 5) is 30.4. The molecule has 0 bridgehead atoms. The number of benzene rings is 2. The van der Waals surface area contributed by atoms with Gasteiger partial charge in [0.15, 0.2) is 5.78 Å². The first kappa shape index (κ1) is 29.9. The summed E-state index contributed by atoms with van der Waals surface area (Å²) in [7, 11) is 0. The standard InChI is InChI=1S/C31H30F4N2O4/c1-4-25(39)26-23-15-22(19-6-5-7-20(14-19)28(40)36-16-30(2,3)17-38)24(12-13-31(33,34)35)37-29(23)41-27(26)18-8-10-21(32)11-9-18/h5-11,14-15,38H,4,12-13,16-17H2,1-3H3,(H,36,40). The van der Waals surface area contributed by atoms with E-state index in [4.69, 9.17) is 4.42 Å².